The zero-order chi connectivity index (χ0) is 30.2. The summed E-state index contributed by atoms with van der Waals surface area (Å²) < 4.78 is 2.01. The molecule has 0 radical (unpaired) electrons. The van der Waals surface area contributed by atoms with Crippen LogP contribution in [0.5, 0.6) is 0 Å². The van der Waals surface area contributed by atoms with Crippen LogP contribution >= 0.6 is 0 Å². The molecule has 230 valence electrons. The minimum absolute atomic E-state index is 0.120. The molecule has 2 aromatic carbocycles. The summed E-state index contributed by atoms with van der Waals surface area (Å²) in [6, 6.07) is 13.5. The van der Waals surface area contributed by atoms with Crippen LogP contribution in [0.3, 0.4) is 0 Å². The van der Waals surface area contributed by atoms with Crippen molar-refractivity contribution in [1.29, 1.82) is 0 Å². The molecule has 0 atom stereocenters. The number of likely N-dealkylation sites (N-methyl/N-ethyl adjacent to an activating group) is 1. The van der Waals surface area contributed by atoms with Crippen LogP contribution < -0.4 is 20.9 Å². The van der Waals surface area contributed by atoms with Crippen molar-refractivity contribution in [1.82, 2.24) is 25.1 Å². The molecule has 10 heteroatoms. The van der Waals surface area contributed by atoms with Gasteiger partial charge in [0.05, 0.1) is 11.0 Å². The summed E-state index contributed by atoms with van der Waals surface area (Å²) in [6.07, 6.45) is 7.53. The number of aryl methyl sites for hydroxylation is 1. The Morgan fingerprint density at radius 2 is 1.88 bits per heavy atom. The Balaban J connectivity index is 1.34. The highest BCUT2D eigenvalue weighted by Gasteiger charge is 2.23. The van der Waals surface area contributed by atoms with Gasteiger partial charge < -0.3 is 25.0 Å². The van der Waals surface area contributed by atoms with E-state index < -0.39 is 0 Å². The van der Waals surface area contributed by atoms with Gasteiger partial charge in [0, 0.05) is 70.4 Å². The van der Waals surface area contributed by atoms with Gasteiger partial charge in [-0.2, -0.15) is 0 Å². The number of hydrogen-bond acceptors (Lipinski definition) is 6. The Labute approximate surface area is 254 Å². The average molecular weight is 588 g/mol. The van der Waals surface area contributed by atoms with Gasteiger partial charge in [-0.25, -0.2) is 4.98 Å². The summed E-state index contributed by atoms with van der Waals surface area (Å²) in [5.74, 6) is 1.04. The van der Waals surface area contributed by atoms with E-state index in [2.05, 4.69) is 16.0 Å². The van der Waals surface area contributed by atoms with Gasteiger partial charge in [0.15, 0.2) is 0 Å². The van der Waals surface area contributed by atoms with Gasteiger partial charge in [0.1, 0.15) is 0 Å². The van der Waals surface area contributed by atoms with Gasteiger partial charge >= 0.3 is 0 Å². The van der Waals surface area contributed by atoms with E-state index in [0.29, 0.717) is 55.4 Å². The van der Waals surface area contributed by atoms with Gasteiger partial charge in [-0.1, -0.05) is 25.0 Å². The minimum atomic E-state index is -0.229. The third-order valence-electron chi connectivity index (χ3n) is 8.71. The van der Waals surface area contributed by atoms with Crippen LogP contribution in [0.1, 0.15) is 67.3 Å². The molecule has 10 nitrogen and oxygen atoms in total. The average Bonchev–Trinajstić information content (AvgIpc) is 3.76. The van der Waals surface area contributed by atoms with Crippen molar-refractivity contribution in [3.8, 4) is 0 Å². The van der Waals surface area contributed by atoms with Crippen LogP contribution in [-0.2, 0) is 22.7 Å². The van der Waals surface area contributed by atoms with Crippen molar-refractivity contribution >= 4 is 40.4 Å². The fourth-order valence-corrected chi connectivity index (χ4v) is 6.19. The summed E-state index contributed by atoms with van der Waals surface area (Å²) in [5.41, 5.74) is 3.98. The molecule has 0 spiro atoms. The number of nitrogens with zero attached hydrogens (tertiary/aromatic N) is 4. The number of benzene rings is 2. The normalized spacial score (nSPS) is 15.5. The number of likely N-dealkylation sites (tertiary alicyclic amines) is 1. The van der Waals surface area contributed by atoms with E-state index in [1.54, 1.807) is 11.0 Å². The van der Waals surface area contributed by atoms with Crippen LogP contribution in [0.2, 0.25) is 0 Å². The van der Waals surface area contributed by atoms with E-state index in [4.69, 9.17) is 4.98 Å². The molecule has 1 aromatic heterocycles. The third-order valence-corrected chi connectivity index (χ3v) is 8.71. The zero-order valence-electron chi connectivity index (χ0n) is 25.5. The standard InChI is InChI=1S/C33H45N7O3/c1-34-15-16-35-23-25-10-5-11-26(20-25)32(43)37-33-36-28-22-27(38(2)31(42)21-24-8-3-4-9-24)13-14-29(28)40(33)19-7-18-39-17-6-12-30(39)41/h5,10-11,13-14,20,22,24,34-35H,3-4,6-9,12,15-19,21,23H2,1-2H3,(H,36,37,43). The van der Waals surface area contributed by atoms with Crippen molar-refractivity contribution < 1.29 is 14.4 Å². The molecule has 3 N–H and O–H groups in total. The third kappa shape index (κ3) is 7.80. The molecule has 1 saturated heterocycles. The molecular weight excluding hydrogens is 542 g/mol. The van der Waals surface area contributed by atoms with Crippen LogP contribution in [0.25, 0.3) is 11.0 Å². The van der Waals surface area contributed by atoms with Crippen LogP contribution in [-0.4, -0.2) is 72.4 Å². The maximum atomic E-state index is 13.4. The van der Waals surface area contributed by atoms with E-state index >= 15 is 0 Å². The van der Waals surface area contributed by atoms with E-state index in [0.717, 1.165) is 62.1 Å². The highest BCUT2D eigenvalue weighted by Crippen LogP contribution is 2.30. The summed E-state index contributed by atoms with van der Waals surface area (Å²) in [7, 11) is 3.74. The van der Waals surface area contributed by atoms with Gasteiger partial charge in [0.2, 0.25) is 17.8 Å². The van der Waals surface area contributed by atoms with Crippen LogP contribution in [0, 0.1) is 5.92 Å². The van der Waals surface area contributed by atoms with Crippen molar-refractivity contribution in [2.75, 3.05) is 50.5 Å². The molecule has 3 amide bonds. The number of imidazole rings is 1. The van der Waals surface area contributed by atoms with Gasteiger partial charge in [0.25, 0.3) is 5.91 Å². The number of carbonyl (C=O) groups excluding carboxylic acids is 3. The summed E-state index contributed by atoms with van der Waals surface area (Å²) >= 11 is 0. The molecule has 1 aliphatic heterocycles. The number of rotatable bonds is 14. The molecule has 5 rings (SSSR count). The predicted molar refractivity (Wildman–Crippen MR) is 170 cm³/mol. The second-order valence-corrected chi connectivity index (χ2v) is 11.8. The topological polar surface area (TPSA) is 112 Å². The monoisotopic (exact) mass is 587 g/mol. The summed E-state index contributed by atoms with van der Waals surface area (Å²) in [6.45, 7) is 4.45. The largest absolute Gasteiger partial charge is 0.343 e. The quantitative estimate of drug-likeness (QED) is 0.244. The lowest BCUT2D eigenvalue weighted by molar-refractivity contribution is -0.127. The second kappa shape index (κ2) is 14.6. The number of fused-ring (bicyclic) bond motifs is 1. The van der Waals surface area contributed by atoms with Crippen molar-refractivity contribution in [3.05, 3.63) is 53.6 Å². The fourth-order valence-electron chi connectivity index (χ4n) is 6.19. The number of nitrogens with one attached hydrogen (secondary N) is 3. The van der Waals surface area contributed by atoms with E-state index in [1.807, 2.05) is 60.0 Å². The Morgan fingerprint density at radius 3 is 2.65 bits per heavy atom. The molecular formula is C33H45N7O3. The Hall–Kier alpha value is -3.76. The lowest BCUT2D eigenvalue weighted by Crippen LogP contribution is -2.27. The van der Waals surface area contributed by atoms with Crippen molar-refractivity contribution in [3.63, 3.8) is 0 Å². The SMILES string of the molecule is CNCCNCc1cccc(C(=O)Nc2nc3cc(N(C)C(=O)CC4CCCC4)ccc3n2CCCN2CCCC2=O)c1. The molecule has 43 heavy (non-hydrogen) atoms. The minimum Gasteiger partial charge on any atom is -0.343 e. The molecule has 2 aliphatic rings. The Bertz CT molecular complexity index is 1430. The number of aromatic nitrogens is 2. The van der Waals surface area contributed by atoms with E-state index in [-0.39, 0.29) is 17.7 Å². The number of carbonyl (C=O) groups is 3. The molecule has 0 bridgehead atoms. The molecule has 2 heterocycles. The van der Waals surface area contributed by atoms with Crippen molar-refractivity contribution in [2.45, 2.75) is 64.5 Å². The first kappa shape index (κ1) is 30.7. The number of amides is 3. The lowest BCUT2D eigenvalue weighted by atomic mass is 10.0. The maximum absolute atomic E-state index is 13.4. The second-order valence-electron chi connectivity index (χ2n) is 11.8. The van der Waals surface area contributed by atoms with Crippen LogP contribution in [0.15, 0.2) is 42.5 Å². The highest BCUT2D eigenvalue weighted by molar-refractivity contribution is 6.04. The van der Waals surface area contributed by atoms with Gasteiger partial charge in [-0.05, 0) is 74.5 Å². The Kier molecular flexibility index (Phi) is 10.4. The van der Waals surface area contributed by atoms with Gasteiger partial charge in [-0.3, -0.25) is 19.7 Å². The highest BCUT2D eigenvalue weighted by atomic mass is 16.2. The molecule has 0 unspecified atom stereocenters. The lowest BCUT2D eigenvalue weighted by Gasteiger charge is -2.19. The molecule has 1 saturated carbocycles. The first-order valence-electron chi connectivity index (χ1n) is 15.7. The zero-order valence-corrected chi connectivity index (χ0v) is 25.5. The smallest absolute Gasteiger partial charge is 0.257 e. The first-order valence-corrected chi connectivity index (χ1v) is 15.7. The van der Waals surface area contributed by atoms with Crippen LogP contribution in [0.4, 0.5) is 11.6 Å². The number of hydrogen-bond donors (Lipinski definition) is 3. The molecule has 1 aliphatic carbocycles. The van der Waals surface area contributed by atoms with Crippen molar-refractivity contribution in [2.24, 2.45) is 5.92 Å². The van der Waals surface area contributed by atoms with Gasteiger partial charge in [-0.15, -0.1) is 0 Å². The fraction of sp³-hybridized carbons (Fsp3) is 0.515. The van der Waals surface area contributed by atoms with E-state index in [9.17, 15) is 14.4 Å². The molecule has 3 aromatic rings. The molecule has 2 fully saturated rings. The Morgan fingerprint density at radius 1 is 1.05 bits per heavy atom. The van der Waals surface area contributed by atoms with E-state index in [1.165, 1.54) is 12.8 Å². The summed E-state index contributed by atoms with van der Waals surface area (Å²) in [4.78, 5) is 47.1. The number of anilines is 2. The summed E-state index contributed by atoms with van der Waals surface area (Å²) in [5, 5.41) is 9.53. The first-order chi connectivity index (χ1) is 20.9. The maximum Gasteiger partial charge on any atom is 0.257 e. The predicted octanol–water partition coefficient (Wildman–Crippen LogP) is 4.15.